The molecule has 8 nitrogen and oxygen atoms in total. The molecule has 2 unspecified atom stereocenters. The largest absolute Gasteiger partial charge is 0.481 e. The molecule has 0 spiro atoms. The van der Waals surface area contributed by atoms with Crippen LogP contribution >= 0.6 is 0 Å². The summed E-state index contributed by atoms with van der Waals surface area (Å²) in [5, 5.41) is 13.6. The van der Waals surface area contributed by atoms with Gasteiger partial charge in [0.05, 0.1) is 0 Å². The van der Waals surface area contributed by atoms with E-state index in [1.807, 2.05) is 0 Å². The van der Waals surface area contributed by atoms with Crippen molar-refractivity contribution in [3.8, 4) is 0 Å². The zero-order chi connectivity index (χ0) is 16.0. The Morgan fingerprint density at radius 1 is 1.43 bits per heavy atom. The first-order valence-electron chi connectivity index (χ1n) is 6.94. The molecular formula is C12H23N3O5S. The molecule has 0 bridgehead atoms. The molecule has 1 rings (SSSR count). The molecule has 0 aromatic rings. The van der Waals surface area contributed by atoms with Crippen LogP contribution in [0.15, 0.2) is 0 Å². The average molecular weight is 321 g/mol. The number of piperidine rings is 1. The summed E-state index contributed by atoms with van der Waals surface area (Å²) in [6.45, 7) is 3.05. The second-order valence-electron chi connectivity index (χ2n) is 5.65. The Labute approximate surface area is 124 Å². The molecule has 1 amide bonds. The number of rotatable bonds is 7. The summed E-state index contributed by atoms with van der Waals surface area (Å²) in [5.41, 5.74) is 0. The Bertz CT molecular complexity index is 479. The topological polar surface area (TPSA) is 130 Å². The van der Waals surface area contributed by atoms with Crippen molar-refractivity contribution in [1.82, 2.24) is 9.62 Å². The predicted molar refractivity (Wildman–Crippen MR) is 76.4 cm³/mol. The van der Waals surface area contributed by atoms with Gasteiger partial charge in [-0.3, -0.25) is 9.59 Å². The Hall–Kier alpha value is -1.19. The van der Waals surface area contributed by atoms with E-state index in [-0.39, 0.29) is 37.1 Å². The highest BCUT2D eigenvalue weighted by Gasteiger charge is 2.25. The number of carbonyl (C=O) groups is 2. The van der Waals surface area contributed by atoms with Gasteiger partial charge in [-0.15, -0.1) is 0 Å². The Morgan fingerprint density at radius 2 is 2.10 bits per heavy atom. The van der Waals surface area contributed by atoms with Crippen molar-refractivity contribution in [2.75, 3.05) is 19.6 Å². The molecule has 9 heteroatoms. The number of carboxylic acids is 1. The minimum atomic E-state index is -3.71. The molecule has 21 heavy (non-hydrogen) atoms. The maximum Gasteiger partial charge on any atom is 0.303 e. The fourth-order valence-corrected chi connectivity index (χ4v) is 2.96. The number of nitrogens with one attached hydrogen (secondary N) is 1. The van der Waals surface area contributed by atoms with E-state index in [9.17, 15) is 18.0 Å². The SMILES string of the molecule is CC(CC(=O)O)CC(=O)N1CCCC(CNS(N)(=O)=O)C1. The molecule has 1 saturated heterocycles. The summed E-state index contributed by atoms with van der Waals surface area (Å²) in [6.07, 6.45) is 1.80. The Kier molecular flexibility index (Phi) is 6.56. The van der Waals surface area contributed by atoms with E-state index in [4.69, 9.17) is 10.2 Å². The summed E-state index contributed by atoms with van der Waals surface area (Å²) in [7, 11) is -3.71. The second-order valence-corrected chi connectivity index (χ2v) is 7.03. The lowest BCUT2D eigenvalue weighted by Gasteiger charge is -2.33. The quantitative estimate of drug-likeness (QED) is 0.583. The van der Waals surface area contributed by atoms with Crippen molar-refractivity contribution < 1.29 is 23.1 Å². The van der Waals surface area contributed by atoms with Gasteiger partial charge in [0.1, 0.15) is 0 Å². The summed E-state index contributed by atoms with van der Waals surface area (Å²) < 4.78 is 24.0. The van der Waals surface area contributed by atoms with Gasteiger partial charge in [0, 0.05) is 32.5 Å². The van der Waals surface area contributed by atoms with E-state index in [1.165, 1.54) is 0 Å². The molecule has 1 aliphatic heterocycles. The fraction of sp³-hybridized carbons (Fsp3) is 0.833. The summed E-state index contributed by atoms with van der Waals surface area (Å²) >= 11 is 0. The molecule has 4 N–H and O–H groups in total. The van der Waals surface area contributed by atoms with Crippen molar-refractivity contribution in [1.29, 1.82) is 0 Å². The van der Waals surface area contributed by atoms with Gasteiger partial charge in [0.15, 0.2) is 0 Å². The van der Waals surface area contributed by atoms with E-state index in [1.54, 1.807) is 11.8 Å². The van der Waals surface area contributed by atoms with Crippen LogP contribution in [0.5, 0.6) is 0 Å². The van der Waals surface area contributed by atoms with Crippen LogP contribution in [0.4, 0.5) is 0 Å². The van der Waals surface area contributed by atoms with Crippen molar-refractivity contribution >= 4 is 22.1 Å². The molecule has 0 aromatic carbocycles. The number of likely N-dealkylation sites (tertiary alicyclic amines) is 1. The number of nitrogens with zero attached hydrogens (tertiary/aromatic N) is 1. The normalized spacial score (nSPS) is 21.0. The van der Waals surface area contributed by atoms with E-state index in [2.05, 4.69) is 4.72 Å². The second kappa shape index (κ2) is 7.71. The molecule has 0 aromatic heterocycles. The van der Waals surface area contributed by atoms with Gasteiger partial charge in [-0.25, -0.2) is 9.86 Å². The third-order valence-electron chi connectivity index (χ3n) is 3.49. The lowest BCUT2D eigenvalue weighted by atomic mass is 9.96. The highest BCUT2D eigenvalue weighted by Crippen LogP contribution is 2.18. The van der Waals surface area contributed by atoms with Gasteiger partial charge in [-0.1, -0.05) is 6.92 Å². The van der Waals surface area contributed by atoms with Crippen LogP contribution in [0.2, 0.25) is 0 Å². The average Bonchev–Trinajstić information content (AvgIpc) is 2.34. The lowest BCUT2D eigenvalue weighted by Crippen LogP contribution is -2.45. The molecule has 0 saturated carbocycles. The molecule has 1 heterocycles. The molecule has 0 radical (unpaired) electrons. The lowest BCUT2D eigenvalue weighted by molar-refractivity contribution is -0.139. The fourth-order valence-electron chi connectivity index (χ4n) is 2.49. The standard InChI is InChI=1S/C12H23N3O5S/c1-9(6-12(17)18)5-11(16)15-4-2-3-10(8-15)7-14-21(13,19)20/h9-10,14H,2-8H2,1H3,(H,17,18)(H2,13,19,20). The summed E-state index contributed by atoms with van der Waals surface area (Å²) in [6, 6.07) is 0. The van der Waals surface area contributed by atoms with Gasteiger partial charge in [-0.2, -0.15) is 8.42 Å². The Morgan fingerprint density at radius 3 is 2.67 bits per heavy atom. The first kappa shape index (κ1) is 17.9. The molecule has 1 fully saturated rings. The number of amides is 1. The van der Waals surface area contributed by atoms with E-state index >= 15 is 0 Å². The Balaban J connectivity index is 2.44. The smallest absolute Gasteiger partial charge is 0.303 e. The monoisotopic (exact) mass is 321 g/mol. The van der Waals surface area contributed by atoms with Crippen LogP contribution in [0.25, 0.3) is 0 Å². The molecule has 2 atom stereocenters. The van der Waals surface area contributed by atoms with Crippen LogP contribution in [0.3, 0.4) is 0 Å². The van der Waals surface area contributed by atoms with Crippen LogP contribution in [0.1, 0.15) is 32.6 Å². The molecule has 1 aliphatic rings. The van der Waals surface area contributed by atoms with Gasteiger partial charge < -0.3 is 10.0 Å². The number of nitrogens with two attached hydrogens (primary N) is 1. The summed E-state index contributed by atoms with van der Waals surface area (Å²) in [4.78, 5) is 24.4. The maximum atomic E-state index is 12.1. The van der Waals surface area contributed by atoms with E-state index < -0.39 is 16.2 Å². The van der Waals surface area contributed by atoms with E-state index in [0.717, 1.165) is 12.8 Å². The number of carboxylic acid groups (broad SMARTS) is 1. The van der Waals surface area contributed by atoms with Crippen LogP contribution < -0.4 is 9.86 Å². The van der Waals surface area contributed by atoms with Gasteiger partial charge in [0.25, 0.3) is 10.2 Å². The third-order valence-corrected chi connectivity index (χ3v) is 4.06. The third kappa shape index (κ3) is 7.39. The van der Waals surface area contributed by atoms with Gasteiger partial charge >= 0.3 is 5.97 Å². The molecule has 0 aliphatic carbocycles. The van der Waals surface area contributed by atoms with Crippen LogP contribution in [-0.4, -0.2) is 49.9 Å². The van der Waals surface area contributed by atoms with Gasteiger partial charge in [-0.05, 0) is 24.7 Å². The van der Waals surface area contributed by atoms with Crippen LogP contribution in [0, 0.1) is 11.8 Å². The minimum absolute atomic E-state index is 0.0318. The molecular weight excluding hydrogens is 298 g/mol. The number of carbonyl (C=O) groups excluding carboxylic acids is 1. The number of hydrogen-bond donors (Lipinski definition) is 3. The predicted octanol–water partition coefficient (Wildman–Crippen LogP) is -0.481. The zero-order valence-electron chi connectivity index (χ0n) is 12.1. The first-order chi connectivity index (χ1) is 9.67. The van der Waals surface area contributed by atoms with Crippen molar-refractivity contribution in [2.45, 2.75) is 32.6 Å². The number of hydrogen-bond acceptors (Lipinski definition) is 4. The van der Waals surface area contributed by atoms with Crippen molar-refractivity contribution in [2.24, 2.45) is 17.0 Å². The minimum Gasteiger partial charge on any atom is -0.481 e. The molecule has 122 valence electrons. The van der Waals surface area contributed by atoms with Crippen LogP contribution in [-0.2, 0) is 19.8 Å². The number of aliphatic carboxylic acids is 1. The van der Waals surface area contributed by atoms with Crippen molar-refractivity contribution in [3.63, 3.8) is 0 Å². The van der Waals surface area contributed by atoms with Gasteiger partial charge in [0.2, 0.25) is 5.91 Å². The highest BCUT2D eigenvalue weighted by molar-refractivity contribution is 7.87. The first-order valence-corrected chi connectivity index (χ1v) is 8.49. The maximum absolute atomic E-state index is 12.1. The summed E-state index contributed by atoms with van der Waals surface area (Å²) in [5.74, 6) is -1.16. The highest BCUT2D eigenvalue weighted by atomic mass is 32.2. The van der Waals surface area contributed by atoms with E-state index in [0.29, 0.717) is 13.1 Å². The van der Waals surface area contributed by atoms with Crippen molar-refractivity contribution in [3.05, 3.63) is 0 Å². The zero-order valence-corrected chi connectivity index (χ0v) is 12.9.